The molecule has 2 aromatic rings. The summed E-state index contributed by atoms with van der Waals surface area (Å²) in [5.74, 6) is -0.715. The maximum Gasteiger partial charge on any atom is 0.416 e. The fraction of sp³-hybridized carbons (Fsp3) is 0.294. The monoisotopic (exact) mass is 356 g/mol. The van der Waals surface area contributed by atoms with Gasteiger partial charge in [0.15, 0.2) is 6.29 Å². The second-order valence-electron chi connectivity index (χ2n) is 6.08. The molecule has 128 valence electrons. The Morgan fingerprint density at radius 3 is 2.29 bits per heavy atom. The number of aldehydes is 1. The Hall–Kier alpha value is -2.15. The van der Waals surface area contributed by atoms with Crippen LogP contribution in [0.5, 0.6) is 0 Å². The normalized spacial score (nSPS) is 12.1. The molecular weight excluding hydrogens is 341 g/mol. The van der Waals surface area contributed by atoms with Crippen LogP contribution in [0.1, 0.15) is 46.4 Å². The molecule has 0 unspecified atom stereocenters. The van der Waals surface area contributed by atoms with Crippen LogP contribution in [0, 0.1) is 0 Å². The molecule has 0 atom stereocenters. The first-order valence-electron chi connectivity index (χ1n) is 7.01. The minimum absolute atomic E-state index is 0.0252. The van der Waals surface area contributed by atoms with Crippen molar-refractivity contribution < 1.29 is 27.5 Å². The lowest BCUT2D eigenvalue weighted by Gasteiger charge is -2.21. The molecule has 0 spiro atoms. The Kier molecular flexibility index (Phi) is 4.85. The predicted octanol–water partition coefficient (Wildman–Crippen LogP) is 5.20. The van der Waals surface area contributed by atoms with Gasteiger partial charge in [0.2, 0.25) is 0 Å². The van der Waals surface area contributed by atoms with Crippen LogP contribution in [0.4, 0.5) is 13.2 Å². The first-order chi connectivity index (χ1) is 11.0. The summed E-state index contributed by atoms with van der Waals surface area (Å²) >= 11 is 1.01. The van der Waals surface area contributed by atoms with Gasteiger partial charge in [0.25, 0.3) is 0 Å². The first-order valence-corrected chi connectivity index (χ1v) is 7.83. The zero-order valence-corrected chi connectivity index (χ0v) is 14.0. The van der Waals surface area contributed by atoms with E-state index in [4.69, 9.17) is 4.74 Å². The van der Waals surface area contributed by atoms with Gasteiger partial charge in [-0.2, -0.15) is 13.2 Å². The summed E-state index contributed by atoms with van der Waals surface area (Å²) in [6, 6.07) is 5.85. The molecule has 1 aromatic heterocycles. The van der Waals surface area contributed by atoms with Crippen molar-refractivity contribution in [2.75, 3.05) is 0 Å². The summed E-state index contributed by atoms with van der Waals surface area (Å²) in [4.78, 5) is 23.9. The minimum Gasteiger partial charge on any atom is -0.456 e. The SMILES string of the molecule is CC(C)(C)OC(=O)c1ccc(C(F)(F)F)cc1-c1ccc(C=O)s1. The number of carbonyl (C=O) groups is 2. The predicted molar refractivity (Wildman–Crippen MR) is 85.3 cm³/mol. The third kappa shape index (κ3) is 4.23. The molecule has 0 aliphatic heterocycles. The molecule has 3 nitrogen and oxygen atoms in total. The van der Waals surface area contributed by atoms with Crippen LogP contribution < -0.4 is 0 Å². The Labute approximate surface area is 141 Å². The van der Waals surface area contributed by atoms with Crippen molar-refractivity contribution in [3.05, 3.63) is 46.3 Å². The van der Waals surface area contributed by atoms with Gasteiger partial charge in [-0.15, -0.1) is 11.3 Å². The van der Waals surface area contributed by atoms with E-state index in [-0.39, 0.29) is 11.1 Å². The van der Waals surface area contributed by atoms with Crippen molar-refractivity contribution >= 4 is 23.6 Å². The lowest BCUT2D eigenvalue weighted by atomic mass is 10.0. The van der Waals surface area contributed by atoms with Crippen LogP contribution in [-0.4, -0.2) is 17.9 Å². The summed E-state index contributed by atoms with van der Waals surface area (Å²) in [5, 5.41) is 0. The molecule has 1 aromatic carbocycles. The molecule has 0 aliphatic rings. The van der Waals surface area contributed by atoms with E-state index < -0.39 is 23.3 Å². The number of hydrogen-bond donors (Lipinski definition) is 0. The summed E-state index contributed by atoms with van der Waals surface area (Å²) in [5.41, 5.74) is -1.53. The summed E-state index contributed by atoms with van der Waals surface area (Å²) < 4.78 is 44.2. The highest BCUT2D eigenvalue weighted by molar-refractivity contribution is 7.17. The largest absolute Gasteiger partial charge is 0.456 e. The number of thiophene rings is 1. The van der Waals surface area contributed by atoms with Gasteiger partial charge >= 0.3 is 12.1 Å². The van der Waals surface area contributed by atoms with E-state index in [0.717, 1.165) is 29.5 Å². The summed E-state index contributed by atoms with van der Waals surface area (Å²) in [6.07, 6.45) is -3.93. The number of hydrogen-bond acceptors (Lipinski definition) is 4. The van der Waals surface area contributed by atoms with Gasteiger partial charge < -0.3 is 4.74 Å². The van der Waals surface area contributed by atoms with E-state index in [2.05, 4.69) is 0 Å². The number of alkyl halides is 3. The maximum absolute atomic E-state index is 13.0. The average Bonchev–Trinajstić information content (AvgIpc) is 2.92. The number of carbonyl (C=O) groups excluding carboxylic acids is 2. The Morgan fingerprint density at radius 1 is 1.12 bits per heavy atom. The van der Waals surface area contributed by atoms with Crippen LogP contribution in [0.2, 0.25) is 0 Å². The van der Waals surface area contributed by atoms with Gasteiger partial charge in [-0.05, 0) is 51.1 Å². The van der Waals surface area contributed by atoms with E-state index in [1.54, 1.807) is 20.8 Å². The molecule has 0 fully saturated rings. The van der Waals surface area contributed by atoms with Crippen molar-refractivity contribution in [2.24, 2.45) is 0 Å². The third-order valence-electron chi connectivity index (χ3n) is 2.97. The van der Waals surface area contributed by atoms with Gasteiger partial charge in [-0.3, -0.25) is 4.79 Å². The molecule has 0 aliphatic carbocycles. The molecule has 0 saturated carbocycles. The van der Waals surface area contributed by atoms with Crippen LogP contribution in [-0.2, 0) is 10.9 Å². The zero-order valence-electron chi connectivity index (χ0n) is 13.2. The standard InChI is InChI=1S/C17H15F3O3S/c1-16(2,3)23-15(22)12-6-4-10(17(18,19)20)8-13(12)14-7-5-11(9-21)24-14/h4-9H,1-3H3. The highest BCUT2D eigenvalue weighted by Crippen LogP contribution is 2.37. The smallest absolute Gasteiger partial charge is 0.416 e. The molecular formula is C17H15F3O3S. The van der Waals surface area contributed by atoms with Crippen molar-refractivity contribution in [2.45, 2.75) is 32.5 Å². The summed E-state index contributed by atoms with van der Waals surface area (Å²) in [6.45, 7) is 5.01. The third-order valence-corrected chi connectivity index (χ3v) is 4.02. The van der Waals surface area contributed by atoms with Crippen LogP contribution in [0.25, 0.3) is 10.4 Å². The Balaban J connectivity index is 2.57. The molecule has 1 heterocycles. The van der Waals surface area contributed by atoms with Crippen LogP contribution in [0.15, 0.2) is 30.3 Å². The number of halogens is 3. The minimum atomic E-state index is -4.54. The average molecular weight is 356 g/mol. The van der Waals surface area contributed by atoms with Gasteiger partial charge in [0.05, 0.1) is 16.0 Å². The van der Waals surface area contributed by atoms with Crippen molar-refractivity contribution in [1.29, 1.82) is 0 Å². The fourth-order valence-corrected chi connectivity index (χ4v) is 2.85. The second-order valence-corrected chi connectivity index (χ2v) is 7.20. The lowest BCUT2D eigenvalue weighted by molar-refractivity contribution is -0.137. The summed E-state index contributed by atoms with van der Waals surface area (Å²) in [7, 11) is 0. The van der Waals surface area contributed by atoms with E-state index in [1.165, 1.54) is 12.1 Å². The van der Waals surface area contributed by atoms with Gasteiger partial charge in [-0.25, -0.2) is 4.79 Å². The van der Waals surface area contributed by atoms with Gasteiger partial charge in [0.1, 0.15) is 5.60 Å². The molecule has 0 radical (unpaired) electrons. The zero-order chi connectivity index (χ0) is 18.1. The highest BCUT2D eigenvalue weighted by Gasteiger charge is 2.32. The lowest BCUT2D eigenvalue weighted by Crippen LogP contribution is -2.24. The van der Waals surface area contributed by atoms with Crippen molar-refractivity contribution in [3.8, 4) is 10.4 Å². The second kappa shape index (κ2) is 6.39. The fourth-order valence-electron chi connectivity index (χ4n) is 2.00. The van der Waals surface area contributed by atoms with E-state index >= 15 is 0 Å². The molecule has 0 bridgehead atoms. The highest BCUT2D eigenvalue weighted by atomic mass is 32.1. The quantitative estimate of drug-likeness (QED) is 0.561. The van der Waals surface area contributed by atoms with Crippen molar-refractivity contribution in [3.63, 3.8) is 0 Å². The number of benzene rings is 1. The van der Waals surface area contributed by atoms with Crippen LogP contribution >= 0.6 is 11.3 Å². The van der Waals surface area contributed by atoms with E-state index in [0.29, 0.717) is 16.0 Å². The van der Waals surface area contributed by atoms with E-state index in [9.17, 15) is 22.8 Å². The van der Waals surface area contributed by atoms with Gasteiger partial charge in [-0.1, -0.05) is 0 Å². The maximum atomic E-state index is 13.0. The number of rotatable bonds is 3. The number of ether oxygens (including phenoxy) is 1. The van der Waals surface area contributed by atoms with Gasteiger partial charge in [0, 0.05) is 10.4 Å². The number of esters is 1. The molecule has 24 heavy (non-hydrogen) atoms. The molecule has 2 rings (SSSR count). The van der Waals surface area contributed by atoms with E-state index in [1.807, 2.05) is 0 Å². The first kappa shape index (κ1) is 18.2. The molecule has 0 N–H and O–H groups in total. The molecule has 7 heteroatoms. The van der Waals surface area contributed by atoms with Crippen LogP contribution in [0.3, 0.4) is 0 Å². The Bertz CT molecular complexity index is 770. The Morgan fingerprint density at radius 2 is 1.79 bits per heavy atom. The molecule has 0 saturated heterocycles. The van der Waals surface area contributed by atoms with Crippen molar-refractivity contribution in [1.82, 2.24) is 0 Å². The molecule has 0 amide bonds. The topological polar surface area (TPSA) is 43.4 Å².